The van der Waals surface area contributed by atoms with E-state index in [-0.39, 0.29) is 5.69 Å². The summed E-state index contributed by atoms with van der Waals surface area (Å²) in [5.74, 6) is 0.326. The lowest BCUT2D eigenvalue weighted by Crippen LogP contribution is -2.10. The second kappa shape index (κ2) is 4.13. The van der Waals surface area contributed by atoms with Crippen LogP contribution in [0.2, 0.25) is 0 Å². The Balaban J connectivity index is 2.90. The second-order valence-corrected chi connectivity index (χ2v) is 3.52. The van der Waals surface area contributed by atoms with Gasteiger partial charge >= 0.3 is 5.97 Å². The van der Waals surface area contributed by atoms with Crippen LogP contribution in [-0.2, 0) is 11.3 Å². The van der Waals surface area contributed by atoms with Gasteiger partial charge in [-0.05, 0) is 5.92 Å². The number of nitrogen functional groups attached to an aromatic ring is 1. The molecule has 0 saturated carbocycles. The van der Waals surface area contributed by atoms with Crippen LogP contribution in [0, 0.1) is 5.92 Å². The van der Waals surface area contributed by atoms with Crippen molar-refractivity contribution in [2.24, 2.45) is 5.92 Å². The Bertz CT molecular complexity index is 331. The van der Waals surface area contributed by atoms with Crippen molar-refractivity contribution in [1.82, 2.24) is 9.55 Å². The number of aromatic nitrogens is 2. The number of esters is 1. The number of carbonyl (C=O) groups is 1. The van der Waals surface area contributed by atoms with Gasteiger partial charge in [-0.3, -0.25) is 0 Å². The molecule has 14 heavy (non-hydrogen) atoms. The molecule has 0 amide bonds. The molecule has 5 heteroatoms. The summed E-state index contributed by atoms with van der Waals surface area (Å²) in [4.78, 5) is 15.1. The summed E-state index contributed by atoms with van der Waals surface area (Å²) in [5.41, 5.74) is 5.92. The topological polar surface area (TPSA) is 70.1 Å². The fourth-order valence-electron chi connectivity index (χ4n) is 1.18. The van der Waals surface area contributed by atoms with Crippen LogP contribution in [-0.4, -0.2) is 22.6 Å². The molecular weight excluding hydrogens is 182 g/mol. The van der Waals surface area contributed by atoms with Crippen molar-refractivity contribution >= 4 is 11.8 Å². The van der Waals surface area contributed by atoms with Crippen LogP contribution in [0.15, 0.2) is 6.33 Å². The Labute approximate surface area is 82.9 Å². The highest BCUT2D eigenvalue weighted by Crippen LogP contribution is 2.12. The minimum atomic E-state index is -0.495. The van der Waals surface area contributed by atoms with Gasteiger partial charge in [0.25, 0.3) is 0 Å². The lowest BCUT2D eigenvalue weighted by atomic mass is 10.2. The van der Waals surface area contributed by atoms with Crippen molar-refractivity contribution < 1.29 is 9.53 Å². The molecule has 0 bridgehead atoms. The van der Waals surface area contributed by atoms with E-state index in [4.69, 9.17) is 5.73 Å². The first-order chi connectivity index (χ1) is 6.56. The molecule has 0 aliphatic carbocycles. The lowest BCUT2D eigenvalue weighted by molar-refractivity contribution is 0.0596. The molecule has 5 nitrogen and oxygen atoms in total. The normalized spacial score (nSPS) is 10.6. The number of carbonyl (C=O) groups excluding carboxylic acids is 1. The molecule has 0 saturated heterocycles. The van der Waals surface area contributed by atoms with Gasteiger partial charge in [-0.25, -0.2) is 9.78 Å². The van der Waals surface area contributed by atoms with Gasteiger partial charge in [0.2, 0.25) is 0 Å². The molecule has 1 rings (SSSR count). The Morgan fingerprint density at radius 1 is 1.71 bits per heavy atom. The maximum Gasteiger partial charge on any atom is 0.360 e. The van der Waals surface area contributed by atoms with Gasteiger partial charge in [-0.1, -0.05) is 13.8 Å². The summed E-state index contributed by atoms with van der Waals surface area (Å²) in [5, 5.41) is 0. The van der Waals surface area contributed by atoms with E-state index in [1.807, 2.05) is 0 Å². The van der Waals surface area contributed by atoms with E-state index in [2.05, 4.69) is 23.6 Å². The van der Waals surface area contributed by atoms with Crippen LogP contribution < -0.4 is 5.73 Å². The number of methoxy groups -OCH3 is 1. The van der Waals surface area contributed by atoms with Crippen molar-refractivity contribution in [3.8, 4) is 0 Å². The minimum Gasteiger partial charge on any atom is -0.464 e. The van der Waals surface area contributed by atoms with Crippen LogP contribution in [0.4, 0.5) is 5.82 Å². The summed E-state index contributed by atoms with van der Waals surface area (Å²) >= 11 is 0. The number of rotatable bonds is 3. The number of nitrogens with zero attached hydrogens (tertiary/aromatic N) is 2. The molecule has 0 radical (unpaired) electrons. The van der Waals surface area contributed by atoms with Crippen LogP contribution in [0.3, 0.4) is 0 Å². The number of hydrogen-bond acceptors (Lipinski definition) is 4. The molecule has 0 unspecified atom stereocenters. The molecular formula is C9H15N3O2. The van der Waals surface area contributed by atoms with E-state index in [0.717, 1.165) is 6.54 Å². The Hall–Kier alpha value is -1.52. The van der Waals surface area contributed by atoms with Gasteiger partial charge in [0, 0.05) is 6.54 Å². The van der Waals surface area contributed by atoms with Gasteiger partial charge in [-0.15, -0.1) is 0 Å². The Morgan fingerprint density at radius 3 is 2.86 bits per heavy atom. The van der Waals surface area contributed by atoms with Gasteiger partial charge < -0.3 is 15.0 Å². The number of anilines is 1. The van der Waals surface area contributed by atoms with Crippen molar-refractivity contribution in [3.05, 3.63) is 12.0 Å². The molecule has 0 atom stereocenters. The minimum absolute atomic E-state index is 0.188. The van der Waals surface area contributed by atoms with E-state index < -0.39 is 5.97 Å². The largest absolute Gasteiger partial charge is 0.464 e. The molecule has 1 heterocycles. The fourth-order valence-corrected chi connectivity index (χ4v) is 1.18. The third kappa shape index (κ3) is 2.04. The average Bonchev–Trinajstić information content (AvgIpc) is 2.46. The van der Waals surface area contributed by atoms with Crippen LogP contribution in [0.25, 0.3) is 0 Å². The van der Waals surface area contributed by atoms with Crippen molar-refractivity contribution in [3.63, 3.8) is 0 Å². The predicted molar refractivity (Wildman–Crippen MR) is 52.8 cm³/mol. The highest BCUT2D eigenvalue weighted by Gasteiger charge is 2.16. The molecule has 0 aliphatic rings. The van der Waals surface area contributed by atoms with Crippen LogP contribution >= 0.6 is 0 Å². The standard InChI is InChI=1S/C9H15N3O2/c1-6(2)4-12-5-11-7(8(12)10)9(13)14-3/h5-6H,4,10H2,1-3H3. The lowest BCUT2D eigenvalue weighted by Gasteiger charge is -2.07. The maximum absolute atomic E-state index is 11.2. The van der Waals surface area contributed by atoms with Crippen LogP contribution in [0.1, 0.15) is 24.3 Å². The average molecular weight is 197 g/mol. The Kier molecular flexibility index (Phi) is 3.11. The molecule has 0 fully saturated rings. The molecule has 0 aromatic carbocycles. The second-order valence-electron chi connectivity index (χ2n) is 3.52. The first-order valence-corrected chi connectivity index (χ1v) is 4.45. The maximum atomic E-state index is 11.2. The number of ether oxygens (including phenoxy) is 1. The molecule has 0 spiro atoms. The van der Waals surface area contributed by atoms with Crippen molar-refractivity contribution in [1.29, 1.82) is 0 Å². The molecule has 2 N–H and O–H groups in total. The summed E-state index contributed by atoms with van der Waals surface area (Å²) in [6, 6.07) is 0. The van der Waals surface area contributed by atoms with E-state index in [1.54, 1.807) is 10.9 Å². The van der Waals surface area contributed by atoms with E-state index >= 15 is 0 Å². The zero-order valence-corrected chi connectivity index (χ0v) is 8.65. The quantitative estimate of drug-likeness (QED) is 0.731. The van der Waals surface area contributed by atoms with Gasteiger partial charge in [-0.2, -0.15) is 0 Å². The molecule has 78 valence electrons. The Morgan fingerprint density at radius 2 is 2.36 bits per heavy atom. The van der Waals surface area contributed by atoms with Crippen molar-refractivity contribution in [2.75, 3.05) is 12.8 Å². The third-order valence-electron chi connectivity index (χ3n) is 1.82. The zero-order chi connectivity index (χ0) is 10.7. The first kappa shape index (κ1) is 10.6. The predicted octanol–water partition coefficient (Wildman–Crippen LogP) is 0.908. The third-order valence-corrected chi connectivity index (χ3v) is 1.82. The fraction of sp³-hybridized carbons (Fsp3) is 0.556. The molecule has 1 aromatic rings. The van der Waals surface area contributed by atoms with Crippen molar-refractivity contribution in [2.45, 2.75) is 20.4 Å². The summed E-state index contributed by atoms with van der Waals surface area (Å²) < 4.78 is 6.29. The zero-order valence-electron chi connectivity index (χ0n) is 8.65. The summed E-state index contributed by atoms with van der Waals surface area (Å²) in [6.07, 6.45) is 1.56. The summed E-state index contributed by atoms with van der Waals surface area (Å²) in [7, 11) is 1.31. The molecule has 0 aliphatic heterocycles. The first-order valence-electron chi connectivity index (χ1n) is 4.45. The highest BCUT2D eigenvalue weighted by atomic mass is 16.5. The van der Waals surface area contributed by atoms with Crippen LogP contribution in [0.5, 0.6) is 0 Å². The smallest absolute Gasteiger partial charge is 0.360 e. The van der Waals surface area contributed by atoms with E-state index in [1.165, 1.54) is 7.11 Å². The monoisotopic (exact) mass is 197 g/mol. The SMILES string of the molecule is COC(=O)c1ncn(CC(C)C)c1N. The van der Waals surface area contributed by atoms with Gasteiger partial charge in [0.05, 0.1) is 13.4 Å². The van der Waals surface area contributed by atoms with Gasteiger partial charge in [0.15, 0.2) is 5.69 Å². The summed E-state index contributed by atoms with van der Waals surface area (Å²) in [6.45, 7) is 4.88. The van der Waals surface area contributed by atoms with E-state index in [0.29, 0.717) is 11.7 Å². The number of hydrogen-bond donors (Lipinski definition) is 1. The number of imidazole rings is 1. The number of nitrogens with two attached hydrogens (primary N) is 1. The molecule has 1 aromatic heterocycles. The van der Waals surface area contributed by atoms with E-state index in [9.17, 15) is 4.79 Å². The highest BCUT2D eigenvalue weighted by molar-refractivity contribution is 5.91. The van der Waals surface area contributed by atoms with Gasteiger partial charge in [0.1, 0.15) is 5.82 Å².